The molecule has 2 rings (SSSR count). The Balaban J connectivity index is 2.20. The van der Waals surface area contributed by atoms with Gasteiger partial charge in [0, 0.05) is 36.8 Å². The standard InChI is InChI=1S/C24H39N3/c1-8-21(13-11-19-26(2,3)4)22-16-18-25(17-12-20-27(5,6)7)24-15-10-9-14-23(22)24/h8-10,14-16,18H,1,11-13,17,19-20H2,2-7H3/q+2. The van der Waals surface area contributed by atoms with Crippen LogP contribution in [0.5, 0.6) is 0 Å². The number of para-hydroxylation sites is 1. The molecule has 3 nitrogen and oxygen atoms in total. The van der Waals surface area contributed by atoms with E-state index in [0.717, 1.165) is 21.9 Å². The molecule has 0 spiro atoms. The maximum atomic E-state index is 4.11. The fourth-order valence-electron chi connectivity index (χ4n) is 3.57. The number of hydrogen-bond donors (Lipinski definition) is 0. The summed E-state index contributed by atoms with van der Waals surface area (Å²) < 4.78 is 2.02. The smallest absolute Gasteiger partial charge is 0.0797 e. The van der Waals surface area contributed by atoms with E-state index in [2.05, 4.69) is 96.4 Å². The van der Waals surface area contributed by atoms with Gasteiger partial charge < -0.3 is 13.9 Å². The summed E-state index contributed by atoms with van der Waals surface area (Å²) in [4.78, 5) is 2.40. The van der Waals surface area contributed by atoms with Crippen LogP contribution in [0.4, 0.5) is 5.69 Å². The molecule has 1 aromatic carbocycles. The van der Waals surface area contributed by atoms with Gasteiger partial charge >= 0.3 is 0 Å². The van der Waals surface area contributed by atoms with Crippen molar-refractivity contribution >= 4 is 11.3 Å². The molecule has 0 N–H and O–H groups in total. The molecule has 0 atom stereocenters. The zero-order valence-electron chi connectivity index (χ0n) is 18.3. The van der Waals surface area contributed by atoms with Crippen molar-refractivity contribution in [2.45, 2.75) is 19.3 Å². The normalized spacial score (nSPS) is 16.3. The Kier molecular flexibility index (Phi) is 7.07. The first-order valence-corrected chi connectivity index (χ1v) is 10.1. The lowest BCUT2D eigenvalue weighted by Crippen LogP contribution is -2.37. The van der Waals surface area contributed by atoms with Gasteiger partial charge in [0.1, 0.15) is 0 Å². The molecule has 1 aromatic rings. The predicted molar refractivity (Wildman–Crippen MR) is 120 cm³/mol. The second-order valence-electron chi connectivity index (χ2n) is 9.65. The van der Waals surface area contributed by atoms with Crippen LogP contribution in [-0.2, 0) is 0 Å². The summed E-state index contributed by atoms with van der Waals surface area (Å²) in [5, 5.41) is 0. The first-order valence-electron chi connectivity index (χ1n) is 10.1. The molecule has 0 amide bonds. The molecule has 3 heteroatoms. The van der Waals surface area contributed by atoms with Crippen molar-refractivity contribution in [3.8, 4) is 0 Å². The molecule has 0 radical (unpaired) electrons. The highest BCUT2D eigenvalue weighted by molar-refractivity contribution is 5.88. The number of anilines is 1. The zero-order valence-corrected chi connectivity index (χ0v) is 18.3. The highest BCUT2D eigenvalue weighted by atomic mass is 15.3. The summed E-state index contributed by atoms with van der Waals surface area (Å²) in [6.07, 6.45) is 10.0. The topological polar surface area (TPSA) is 3.24 Å². The average Bonchev–Trinajstić information content (AvgIpc) is 2.57. The number of fused-ring (bicyclic) bond motifs is 1. The molecule has 0 aliphatic carbocycles. The van der Waals surface area contributed by atoms with Crippen molar-refractivity contribution < 1.29 is 8.97 Å². The SMILES string of the molecule is C=CC(CCC[N+](C)(C)C)=C1C=CN(CCC[N+](C)(C)C)c2ccccc21. The molecule has 1 aliphatic heterocycles. The van der Waals surface area contributed by atoms with Gasteiger partial charge in [-0.1, -0.05) is 30.9 Å². The van der Waals surface area contributed by atoms with E-state index in [4.69, 9.17) is 0 Å². The maximum absolute atomic E-state index is 4.11. The summed E-state index contributed by atoms with van der Waals surface area (Å²) in [5.74, 6) is 0. The zero-order chi connectivity index (χ0) is 20.1. The number of allylic oxidation sites excluding steroid dienone is 4. The van der Waals surface area contributed by atoms with E-state index in [1.165, 1.54) is 48.3 Å². The van der Waals surface area contributed by atoms with E-state index in [1.807, 2.05) is 0 Å². The molecule has 0 fully saturated rings. The molecule has 0 bridgehead atoms. The third-order valence-corrected chi connectivity index (χ3v) is 5.02. The lowest BCUT2D eigenvalue weighted by atomic mass is 9.93. The van der Waals surface area contributed by atoms with E-state index >= 15 is 0 Å². The summed E-state index contributed by atoms with van der Waals surface area (Å²) in [6, 6.07) is 8.80. The van der Waals surface area contributed by atoms with Gasteiger partial charge in [-0.2, -0.15) is 0 Å². The number of nitrogens with zero attached hydrogens (tertiary/aromatic N) is 3. The molecule has 0 aromatic heterocycles. The third-order valence-electron chi connectivity index (χ3n) is 5.02. The van der Waals surface area contributed by atoms with Crippen molar-refractivity contribution in [2.24, 2.45) is 0 Å². The molecule has 148 valence electrons. The number of benzene rings is 1. The molecule has 0 saturated carbocycles. The highest BCUT2D eigenvalue weighted by Crippen LogP contribution is 2.36. The number of quaternary nitrogens is 2. The van der Waals surface area contributed by atoms with Crippen molar-refractivity contribution in [2.75, 3.05) is 66.8 Å². The number of rotatable bonds is 9. The minimum Gasteiger partial charge on any atom is -0.347 e. The highest BCUT2D eigenvalue weighted by Gasteiger charge is 2.19. The van der Waals surface area contributed by atoms with Crippen LogP contribution in [0.2, 0.25) is 0 Å². The van der Waals surface area contributed by atoms with Crippen molar-refractivity contribution in [3.05, 3.63) is 60.3 Å². The summed E-state index contributed by atoms with van der Waals surface area (Å²) >= 11 is 0. The Hall–Kier alpha value is -1.84. The van der Waals surface area contributed by atoms with E-state index in [0.29, 0.717) is 0 Å². The summed E-state index contributed by atoms with van der Waals surface area (Å²) in [5.41, 5.74) is 5.36. The Morgan fingerprint density at radius 3 is 2.22 bits per heavy atom. The van der Waals surface area contributed by atoms with Gasteiger partial charge in [-0.3, -0.25) is 0 Å². The summed E-state index contributed by atoms with van der Waals surface area (Å²) in [7, 11) is 13.5. The Labute approximate surface area is 167 Å². The lowest BCUT2D eigenvalue weighted by Gasteiger charge is -2.30. The second-order valence-corrected chi connectivity index (χ2v) is 9.65. The Morgan fingerprint density at radius 2 is 1.59 bits per heavy atom. The van der Waals surface area contributed by atoms with Gasteiger partial charge in [0.2, 0.25) is 0 Å². The van der Waals surface area contributed by atoms with Crippen LogP contribution in [0, 0.1) is 0 Å². The van der Waals surface area contributed by atoms with Crippen molar-refractivity contribution in [3.63, 3.8) is 0 Å². The van der Waals surface area contributed by atoms with E-state index in [1.54, 1.807) is 0 Å². The minimum absolute atomic E-state index is 1.01. The fraction of sp³-hybridized carbons (Fsp3) is 0.500. The van der Waals surface area contributed by atoms with Gasteiger partial charge in [-0.25, -0.2) is 0 Å². The van der Waals surface area contributed by atoms with Crippen LogP contribution in [0.3, 0.4) is 0 Å². The predicted octanol–water partition coefficient (Wildman–Crippen LogP) is 4.54. The maximum Gasteiger partial charge on any atom is 0.0797 e. The van der Waals surface area contributed by atoms with Crippen LogP contribution >= 0.6 is 0 Å². The molecule has 1 aliphatic rings. The van der Waals surface area contributed by atoms with Crippen molar-refractivity contribution in [1.82, 2.24) is 0 Å². The fourth-order valence-corrected chi connectivity index (χ4v) is 3.57. The molecule has 1 heterocycles. The average molecular weight is 370 g/mol. The molecular formula is C24H39N3+2. The Morgan fingerprint density at radius 1 is 0.963 bits per heavy atom. The van der Waals surface area contributed by atoms with Gasteiger partial charge in [0.05, 0.1) is 55.4 Å². The molecule has 27 heavy (non-hydrogen) atoms. The largest absolute Gasteiger partial charge is 0.347 e. The molecule has 0 unspecified atom stereocenters. The van der Waals surface area contributed by atoms with Gasteiger partial charge in [0.25, 0.3) is 0 Å². The first kappa shape index (κ1) is 21.5. The minimum atomic E-state index is 1.01. The molecular weight excluding hydrogens is 330 g/mol. The lowest BCUT2D eigenvalue weighted by molar-refractivity contribution is -0.870. The van der Waals surface area contributed by atoms with Crippen LogP contribution in [0.15, 0.2) is 54.8 Å². The first-order chi connectivity index (χ1) is 12.6. The van der Waals surface area contributed by atoms with Crippen molar-refractivity contribution in [1.29, 1.82) is 0 Å². The van der Waals surface area contributed by atoms with E-state index in [9.17, 15) is 0 Å². The third kappa shape index (κ3) is 6.67. The summed E-state index contributed by atoms with van der Waals surface area (Å²) in [6.45, 7) is 7.52. The van der Waals surface area contributed by atoms with Gasteiger partial charge in [-0.15, -0.1) is 0 Å². The second kappa shape index (κ2) is 8.90. The Bertz CT molecular complexity index is 699. The van der Waals surface area contributed by atoms with E-state index in [-0.39, 0.29) is 0 Å². The van der Waals surface area contributed by atoms with Gasteiger partial charge in [0.15, 0.2) is 0 Å². The monoisotopic (exact) mass is 369 g/mol. The van der Waals surface area contributed by atoms with Crippen LogP contribution < -0.4 is 4.90 Å². The van der Waals surface area contributed by atoms with Crippen LogP contribution in [0.25, 0.3) is 5.57 Å². The quantitative estimate of drug-likeness (QED) is 0.578. The van der Waals surface area contributed by atoms with Crippen LogP contribution in [0.1, 0.15) is 24.8 Å². The number of hydrogen-bond acceptors (Lipinski definition) is 1. The van der Waals surface area contributed by atoms with Gasteiger partial charge in [-0.05, 0) is 29.7 Å². The molecule has 0 saturated heterocycles. The van der Waals surface area contributed by atoms with Crippen LogP contribution in [-0.4, -0.2) is 70.9 Å². The van der Waals surface area contributed by atoms with E-state index < -0.39 is 0 Å².